The molecule has 0 aliphatic carbocycles. The van der Waals surface area contributed by atoms with E-state index in [0.717, 1.165) is 12.8 Å². The van der Waals surface area contributed by atoms with Crippen LogP contribution < -0.4 is 0 Å². The first-order valence-electron chi connectivity index (χ1n) is 10.0. The summed E-state index contributed by atoms with van der Waals surface area (Å²) in [7, 11) is 0. The molecule has 2 heteroatoms. The van der Waals surface area contributed by atoms with Crippen LogP contribution in [-0.2, 0) is 12.8 Å². The molecular formula is C26H24S2. The van der Waals surface area contributed by atoms with E-state index in [2.05, 4.69) is 108 Å². The highest BCUT2D eigenvalue weighted by Crippen LogP contribution is 2.48. The average molecular weight is 401 g/mol. The predicted octanol–water partition coefficient (Wildman–Crippen LogP) is 7.34. The Kier molecular flexibility index (Phi) is 5.09. The predicted molar refractivity (Wildman–Crippen MR) is 128 cm³/mol. The van der Waals surface area contributed by atoms with E-state index in [0.29, 0.717) is 0 Å². The molecular weight excluding hydrogens is 376 g/mol. The quantitative estimate of drug-likeness (QED) is 0.351. The van der Waals surface area contributed by atoms with Gasteiger partial charge in [-0.3, -0.25) is 0 Å². The molecule has 1 saturated heterocycles. The van der Waals surface area contributed by atoms with E-state index in [1.54, 1.807) is 0 Å². The summed E-state index contributed by atoms with van der Waals surface area (Å²) in [6.45, 7) is 0. The molecule has 1 aliphatic rings. The van der Waals surface area contributed by atoms with Gasteiger partial charge >= 0.3 is 0 Å². The fourth-order valence-corrected chi connectivity index (χ4v) is 7.72. The Morgan fingerprint density at radius 3 is 1.57 bits per heavy atom. The Balaban J connectivity index is 1.55. The monoisotopic (exact) mass is 400 g/mol. The van der Waals surface area contributed by atoms with Gasteiger partial charge in [0.25, 0.3) is 0 Å². The van der Waals surface area contributed by atoms with E-state index in [-0.39, 0.29) is 4.08 Å². The van der Waals surface area contributed by atoms with Crippen LogP contribution in [-0.4, -0.2) is 15.6 Å². The van der Waals surface area contributed by atoms with Crippen molar-refractivity contribution in [2.45, 2.75) is 23.3 Å². The molecule has 0 atom stereocenters. The smallest absolute Gasteiger partial charge is 0.0691 e. The van der Waals surface area contributed by atoms with E-state index in [1.807, 2.05) is 0 Å². The molecule has 28 heavy (non-hydrogen) atoms. The molecule has 0 amide bonds. The van der Waals surface area contributed by atoms with Gasteiger partial charge in [0, 0.05) is 0 Å². The second-order valence-corrected chi connectivity index (χ2v) is 10.8. The van der Waals surface area contributed by atoms with Crippen LogP contribution in [0.2, 0.25) is 0 Å². The molecule has 5 rings (SSSR count). The lowest BCUT2D eigenvalue weighted by Gasteiger charge is -2.37. The third kappa shape index (κ3) is 3.56. The molecule has 1 heterocycles. The SMILES string of the molecule is c1ccc2c(CC3(Cc4cccc5ccccc45)SCCCS3)cccc2c1. The van der Waals surface area contributed by atoms with E-state index < -0.39 is 0 Å². The largest absolute Gasteiger partial charge is 0.143 e. The molecule has 0 unspecified atom stereocenters. The van der Waals surface area contributed by atoms with E-state index >= 15 is 0 Å². The zero-order valence-electron chi connectivity index (χ0n) is 15.9. The van der Waals surface area contributed by atoms with E-state index in [9.17, 15) is 0 Å². The Morgan fingerprint density at radius 2 is 1.04 bits per heavy atom. The van der Waals surface area contributed by atoms with Gasteiger partial charge in [-0.25, -0.2) is 0 Å². The average Bonchev–Trinajstić information content (AvgIpc) is 2.75. The maximum absolute atomic E-state index is 2.34. The van der Waals surface area contributed by atoms with E-state index in [1.165, 1.54) is 50.6 Å². The summed E-state index contributed by atoms with van der Waals surface area (Å²) in [6, 6.07) is 31.2. The summed E-state index contributed by atoms with van der Waals surface area (Å²) in [6.07, 6.45) is 3.56. The summed E-state index contributed by atoms with van der Waals surface area (Å²) in [5.74, 6) is 2.53. The summed E-state index contributed by atoms with van der Waals surface area (Å²) in [4.78, 5) is 0. The molecule has 0 spiro atoms. The minimum atomic E-state index is 0.215. The maximum Gasteiger partial charge on any atom is 0.0691 e. The van der Waals surface area contributed by atoms with Gasteiger partial charge in [0.15, 0.2) is 0 Å². The van der Waals surface area contributed by atoms with Crippen molar-refractivity contribution in [1.29, 1.82) is 0 Å². The molecule has 0 nitrogen and oxygen atoms in total. The lowest BCUT2D eigenvalue weighted by Crippen LogP contribution is -2.30. The number of hydrogen-bond donors (Lipinski definition) is 0. The molecule has 4 aromatic carbocycles. The minimum Gasteiger partial charge on any atom is -0.143 e. The van der Waals surface area contributed by atoms with Crippen molar-refractivity contribution in [3.63, 3.8) is 0 Å². The Bertz CT molecular complexity index is 1020. The number of thioether (sulfide) groups is 2. The topological polar surface area (TPSA) is 0 Å². The molecule has 0 bridgehead atoms. The summed E-state index contributed by atoms with van der Waals surface area (Å²) in [5.41, 5.74) is 2.97. The third-order valence-corrected chi connectivity index (χ3v) is 9.02. The Labute approximate surface area is 175 Å². The van der Waals surface area contributed by atoms with Crippen molar-refractivity contribution in [2.24, 2.45) is 0 Å². The van der Waals surface area contributed by atoms with Crippen molar-refractivity contribution in [2.75, 3.05) is 11.5 Å². The van der Waals surface area contributed by atoms with Crippen LogP contribution in [0, 0.1) is 0 Å². The molecule has 0 radical (unpaired) electrons. The van der Waals surface area contributed by atoms with Crippen molar-refractivity contribution in [3.8, 4) is 0 Å². The maximum atomic E-state index is 2.34. The van der Waals surface area contributed by atoms with Gasteiger partial charge in [0.1, 0.15) is 0 Å². The summed E-state index contributed by atoms with van der Waals surface area (Å²) >= 11 is 4.36. The van der Waals surface area contributed by atoms with Crippen molar-refractivity contribution in [3.05, 3.63) is 96.1 Å². The summed E-state index contributed by atoms with van der Waals surface area (Å²) < 4.78 is 0.215. The normalized spacial score (nSPS) is 16.4. The molecule has 0 aromatic heterocycles. The van der Waals surface area contributed by atoms with Crippen LogP contribution in [0.25, 0.3) is 21.5 Å². The molecule has 140 valence electrons. The fraction of sp³-hybridized carbons (Fsp3) is 0.231. The summed E-state index contributed by atoms with van der Waals surface area (Å²) in [5, 5.41) is 5.53. The molecule has 1 fully saturated rings. The standard InChI is InChI=1S/C26H24S2/c1-3-14-24-20(8-1)10-5-12-22(24)18-26(27-16-7-17-28-26)19-23-13-6-11-21-9-2-4-15-25(21)23/h1-6,8-15H,7,16-19H2. The minimum absolute atomic E-state index is 0.215. The lowest BCUT2D eigenvalue weighted by atomic mass is 9.95. The lowest BCUT2D eigenvalue weighted by molar-refractivity contribution is 0.781. The zero-order chi connectivity index (χ0) is 18.8. The number of fused-ring (bicyclic) bond motifs is 2. The van der Waals surface area contributed by atoms with Crippen LogP contribution in [0.15, 0.2) is 84.9 Å². The second-order valence-electron chi connectivity index (χ2n) is 7.59. The molecule has 0 saturated carbocycles. The van der Waals surface area contributed by atoms with Gasteiger partial charge < -0.3 is 0 Å². The molecule has 1 aliphatic heterocycles. The zero-order valence-corrected chi connectivity index (χ0v) is 17.6. The van der Waals surface area contributed by atoms with Crippen LogP contribution in [0.1, 0.15) is 17.5 Å². The van der Waals surface area contributed by atoms with Gasteiger partial charge in [0.05, 0.1) is 4.08 Å². The van der Waals surface area contributed by atoms with Crippen LogP contribution in [0.4, 0.5) is 0 Å². The van der Waals surface area contributed by atoms with Gasteiger partial charge in [-0.2, -0.15) is 0 Å². The Morgan fingerprint density at radius 1 is 0.571 bits per heavy atom. The van der Waals surface area contributed by atoms with Gasteiger partial charge in [0.2, 0.25) is 0 Å². The highest BCUT2D eigenvalue weighted by Gasteiger charge is 2.35. The first-order chi connectivity index (χ1) is 13.8. The highest BCUT2D eigenvalue weighted by molar-refractivity contribution is 8.18. The highest BCUT2D eigenvalue weighted by atomic mass is 32.2. The number of benzene rings is 4. The fourth-order valence-electron chi connectivity index (χ4n) is 4.36. The number of hydrogen-bond acceptors (Lipinski definition) is 2. The van der Waals surface area contributed by atoms with Crippen LogP contribution in [0.5, 0.6) is 0 Å². The van der Waals surface area contributed by atoms with Crippen LogP contribution in [0.3, 0.4) is 0 Å². The Hall–Kier alpha value is -1.90. The van der Waals surface area contributed by atoms with Crippen molar-refractivity contribution < 1.29 is 0 Å². The van der Waals surface area contributed by atoms with Gasteiger partial charge in [-0.05, 0) is 63.4 Å². The molecule has 4 aromatic rings. The van der Waals surface area contributed by atoms with Crippen molar-refractivity contribution in [1.82, 2.24) is 0 Å². The van der Waals surface area contributed by atoms with E-state index in [4.69, 9.17) is 0 Å². The number of rotatable bonds is 4. The molecule has 0 N–H and O–H groups in total. The van der Waals surface area contributed by atoms with Crippen LogP contribution >= 0.6 is 23.5 Å². The third-order valence-electron chi connectivity index (χ3n) is 5.70. The second kappa shape index (κ2) is 7.85. The van der Waals surface area contributed by atoms with Gasteiger partial charge in [-0.15, -0.1) is 23.5 Å². The first-order valence-corrected chi connectivity index (χ1v) is 12.0. The van der Waals surface area contributed by atoms with Crippen molar-refractivity contribution >= 4 is 45.1 Å². The van der Waals surface area contributed by atoms with Gasteiger partial charge in [-0.1, -0.05) is 84.9 Å². The first kappa shape index (κ1) is 18.1.